The zero-order valence-electron chi connectivity index (χ0n) is 12.6. The average Bonchev–Trinajstić information content (AvgIpc) is 2.49. The Morgan fingerprint density at radius 3 is 2.30 bits per heavy atom. The van der Waals surface area contributed by atoms with Gasteiger partial charge in [0.15, 0.2) is 11.6 Å². The van der Waals surface area contributed by atoms with Crippen LogP contribution in [0.5, 0.6) is 0 Å². The molecule has 2 N–H and O–H groups in total. The van der Waals surface area contributed by atoms with Crippen molar-refractivity contribution in [2.45, 2.75) is 13.0 Å². The first-order chi connectivity index (χ1) is 11.0. The Hall–Kier alpha value is -2.27. The van der Waals surface area contributed by atoms with E-state index in [1.165, 1.54) is 12.1 Å². The molecule has 0 spiro atoms. The minimum Gasteiger partial charge on any atom is -0.366 e. The van der Waals surface area contributed by atoms with Gasteiger partial charge in [0.05, 0.1) is 0 Å². The molecule has 0 saturated carbocycles. The van der Waals surface area contributed by atoms with Gasteiger partial charge in [0.25, 0.3) is 0 Å². The number of nitrogens with two attached hydrogens (primary N) is 1. The number of hydrogen-bond acceptors (Lipinski definition) is 2. The van der Waals surface area contributed by atoms with E-state index >= 15 is 0 Å². The number of likely N-dealkylation sites (tertiary alicyclic amines) is 1. The molecule has 1 fully saturated rings. The van der Waals surface area contributed by atoms with Gasteiger partial charge in [-0.15, -0.1) is 0 Å². The third-order valence-corrected chi connectivity index (χ3v) is 4.19. The number of carbonyl (C=O) groups is 1. The molecule has 0 unspecified atom stereocenters. The van der Waals surface area contributed by atoms with Crippen LogP contribution in [0.15, 0.2) is 42.5 Å². The largest absolute Gasteiger partial charge is 0.366 e. The quantitative estimate of drug-likeness (QED) is 0.922. The van der Waals surface area contributed by atoms with Crippen molar-refractivity contribution in [3.8, 4) is 0 Å². The van der Waals surface area contributed by atoms with E-state index in [2.05, 4.69) is 4.90 Å². The number of carbonyl (C=O) groups excluding carboxylic acids is 1. The summed E-state index contributed by atoms with van der Waals surface area (Å²) in [7, 11) is 0. The highest BCUT2D eigenvalue weighted by atomic mass is 19.2. The molecule has 1 heterocycles. The minimum atomic E-state index is -0.802. The van der Waals surface area contributed by atoms with Crippen molar-refractivity contribution in [1.82, 2.24) is 4.90 Å². The second kappa shape index (κ2) is 6.46. The Morgan fingerprint density at radius 2 is 1.70 bits per heavy atom. The normalized spacial score (nSPS) is 15.4. The van der Waals surface area contributed by atoms with Gasteiger partial charge in [0.1, 0.15) is 0 Å². The number of amides is 1. The van der Waals surface area contributed by atoms with Crippen molar-refractivity contribution in [3.05, 3.63) is 70.8 Å². The lowest BCUT2D eigenvalue weighted by Gasteiger charge is -2.39. The van der Waals surface area contributed by atoms with Gasteiger partial charge in [-0.05, 0) is 47.7 Å². The monoisotopic (exact) mass is 316 g/mol. The van der Waals surface area contributed by atoms with Gasteiger partial charge in [-0.1, -0.05) is 18.2 Å². The Kier molecular flexibility index (Phi) is 4.39. The third-order valence-electron chi connectivity index (χ3n) is 4.19. The lowest BCUT2D eigenvalue weighted by Crippen LogP contribution is -2.46. The summed E-state index contributed by atoms with van der Waals surface area (Å²) in [6, 6.07) is 11.4. The van der Waals surface area contributed by atoms with Crippen LogP contribution < -0.4 is 5.73 Å². The van der Waals surface area contributed by atoms with Crippen LogP contribution in [0, 0.1) is 17.6 Å². The van der Waals surface area contributed by atoms with Gasteiger partial charge in [-0.3, -0.25) is 9.69 Å². The summed E-state index contributed by atoms with van der Waals surface area (Å²) in [6.07, 6.45) is 0.758. The number of benzene rings is 2. The van der Waals surface area contributed by atoms with Gasteiger partial charge >= 0.3 is 0 Å². The molecule has 3 rings (SSSR count). The summed E-state index contributed by atoms with van der Waals surface area (Å²) in [4.78, 5) is 13.3. The number of primary amides is 1. The highest BCUT2D eigenvalue weighted by Crippen LogP contribution is 2.23. The van der Waals surface area contributed by atoms with Crippen molar-refractivity contribution in [2.75, 3.05) is 13.1 Å². The van der Waals surface area contributed by atoms with E-state index in [-0.39, 0.29) is 0 Å². The van der Waals surface area contributed by atoms with Crippen LogP contribution in [0.4, 0.5) is 8.78 Å². The standard InChI is InChI=1S/C18H18F2N2O/c19-16-6-3-13(8-17(16)20)7-14-10-22(11-14)9-12-1-4-15(5-2-12)18(21)23/h1-6,8,14H,7,9-11H2,(H2,21,23). The van der Waals surface area contributed by atoms with Gasteiger partial charge < -0.3 is 5.73 Å². The zero-order chi connectivity index (χ0) is 16.4. The van der Waals surface area contributed by atoms with Crippen molar-refractivity contribution in [1.29, 1.82) is 0 Å². The Morgan fingerprint density at radius 1 is 1.04 bits per heavy atom. The predicted molar refractivity (Wildman–Crippen MR) is 83.8 cm³/mol. The fourth-order valence-corrected chi connectivity index (χ4v) is 2.97. The molecular weight excluding hydrogens is 298 g/mol. The van der Waals surface area contributed by atoms with Crippen LogP contribution in [-0.4, -0.2) is 23.9 Å². The van der Waals surface area contributed by atoms with E-state index < -0.39 is 17.5 Å². The zero-order valence-corrected chi connectivity index (χ0v) is 12.6. The molecule has 0 aliphatic carbocycles. The van der Waals surface area contributed by atoms with Crippen LogP contribution in [-0.2, 0) is 13.0 Å². The van der Waals surface area contributed by atoms with Gasteiger partial charge in [0, 0.05) is 25.2 Å². The molecule has 120 valence electrons. The first kappa shape index (κ1) is 15.6. The molecule has 1 aliphatic rings. The van der Waals surface area contributed by atoms with Crippen LogP contribution in [0.3, 0.4) is 0 Å². The van der Waals surface area contributed by atoms with Crippen LogP contribution in [0.1, 0.15) is 21.5 Å². The van der Waals surface area contributed by atoms with E-state index in [0.717, 1.165) is 37.2 Å². The molecule has 2 aromatic rings. The second-order valence-corrected chi connectivity index (χ2v) is 6.07. The Balaban J connectivity index is 1.49. The molecule has 23 heavy (non-hydrogen) atoms. The van der Waals surface area contributed by atoms with Crippen molar-refractivity contribution >= 4 is 5.91 Å². The Bertz CT molecular complexity index is 709. The molecule has 1 aliphatic heterocycles. The number of nitrogens with zero attached hydrogens (tertiary/aromatic N) is 1. The van der Waals surface area contributed by atoms with Crippen LogP contribution in [0.25, 0.3) is 0 Å². The summed E-state index contributed by atoms with van der Waals surface area (Å²) >= 11 is 0. The third kappa shape index (κ3) is 3.74. The lowest BCUT2D eigenvalue weighted by molar-refractivity contribution is 0.0925. The molecule has 1 saturated heterocycles. The van der Waals surface area contributed by atoms with Crippen LogP contribution in [0.2, 0.25) is 0 Å². The molecule has 0 radical (unpaired) electrons. The average molecular weight is 316 g/mol. The van der Waals surface area contributed by atoms with Crippen molar-refractivity contribution < 1.29 is 13.6 Å². The maximum Gasteiger partial charge on any atom is 0.248 e. The number of halogens is 2. The summed E-state index contributed by atoms with van der Waals surface area (Å²) in [6.45, 7) is 2.67. The maximum absolute atomic E-state index is 13.2. The van der Waals surface area contributed by atoms with Crippen molar-refractivity contribution in [2.24, 2.45) is 11.7 Å². The first-order valence-electron chi connectivity index (χ1n) is 7.56. The number of hydrogen-bond donors (Lipinski definition) is 1. The fourth-order valence-electron chi connectivity index (χ4n) is 2.97. The van der Waals surface area contributed by atoms with Gasteiger partial charge in [-0.2, -0.15) is 0 Å². The van der Waals surface area contributed by atoms with E-state index in [0.29, 0.717) is 11.5 Å². The first-order valence-corrected chi connectivity index (χ1v) is 7.56. The lowest BCUT2D eigenvalue weighted by atomic mass is 9.91. The molecule has 3 nitrogen and oxygen atoms in total. The maximum atomic E-state index is 13.2. The highest BCUT2D eigenvalue weighted by Gasteiger charge is 2.26. The van der Waals surface area contributed by atoms with E-state index in [1.54, 1.807) is 18.2 Å². The summed E-state index contributed by atoms with van der Waals surface area (Å²) in [5.41, 5.74) is 7.68. The van der Waals surface area contributed by atoms with E-state index in [4.69, 9.17) is 5.73 Å². The topological polar surface area (TPSA) is 46.3 Å². The summed E-state index contributed by atoms with van der Waals surface area (Å²) < 4.78 is 26.1. The molecule has 0 aromatic heterocycles. The molecule has 1 amide bonds. The van der Waals surface area contributed by atoms with E-state index in [1.807, 2.05) is 12.1 Å². The smallest absolute Gasteiger partial charge is 0.248 e. The fraction of sp³-hybridized carbons (Fsp3) is 0.278. The SMILES string of the molecule is NC(=O)c1ccc(CN2CC(Cc3ccc(F)c(F)c3)C2)cc1. The Labute approximate surface area is 133 Å². The van der Waals surface area contributed by atoms with Gasteiger partial charge in [0.2, 0.25) is 5.91 Å². The van der Waals surface area contributed by atoms with Crippen molar-refractivity contribution in [3.63, 3.8) is 0 Å². The molecule has 0 bridgehead atoms. The van der Waals surface area contributed by atoms with E-state index in [9.17, 15) is 13.6 Å². The highest BCUT2D eigenvalue weighted by molar-refractivity contribution is 5.92. The van der Waals surface area contributed by atoms with Crippen LogP contribution >= 0.6 is 0 Å². The summed E-state index contributed by atoms with van der Waals surface area (Å²) in [5, 5.41) is 0. The molecule has 2 aromatic carbocycles. The number of rotatable bonds is 5. The minimum absolute atomic E-state index is 0.424. The predicted octanol–water partition coefficient (Wildman–Crippen LogP) is 2.74. The molecule has 5 heteroatoms. The summed E-state index contributed by atoms with van der Waals surface area (Å²) in [5.74, 6) is -1.55. The molecular formula is C18H18F2N2O. The molecule has 0 atom stereocenters. The second-order valence-electron chi connectivity index (χ2n) is 6.07. The van der Waals surface area contributed by atoms with Gasteiger partial charge in [-0.25, -0.2) is 8.78 Å².